The van der Waals surface area contributed by atoms with Crippen LogP contribution in [0, 0.1) is 0 Å². The Labute approximate surface area is 100 Å². The number of nitrogens with two attached hydrogens (primary N) is 1. The predicted molar refractivity (Wildman–Crippen MR) is 63.9 cm³/mol. The van der Waals surface area contributed by atoms with E-state index in [4.69, 9.17) is 5.73 Å². The van der Waals surface area contributed by atoms with Gasteiger partial charge < -0.3 is 15.7 Å². The molecular formula is C11H15ClN2O2. The highest BCUT2D eigenvalue weighted by molar-refractivity contribution is 5.94. The maximum absolute atomic E-state index is 11.9. The van der Waals surface area contributed by atoms with Crippen LogP contribution < -0.4 is 5.73 Å². The molecule has 1 atom stereocenters. The average Bonchev–Trinajstić information content (AvgIpc) is 2.64. The van der Waals surface area contributed by atoms with Gasteiger partial charge in [-0.05, 0) is 24.6 Å². The maximum atomic E-state index is 11.9. The second-order valence-corrected chi connectivity index (χ2v) is 3.85. The number of amides is 1. The number of likely N-dealkylation sites (tertiary alicyclic amines) is 1. The van der Waals surface area contributed by atoms with Crippen LogP contribution in [0.2, 0.25) is 0 Å². The van der Waals surface area contributed by atoms with Gasteiger partial charge in [0.2, 0.25) is 0 Å². The van der Waals surface area contributed by atoms with Crippen molar-refractivity contribution in [3.05, 3.63) is 29.8 Å². The third-order valence-corrected chi connectivity index (χ3v) is 2.61. The van der Waals surface area contributed by atoms with Crippen LogP contribution in [0.3, 0.4) is 0 Å². The van der Waals surface area contributed by atoms with Crippen LogP contribution in [0.15, 0.2) is 24.3 Å². The summed E-state index contributed by atoms with van der Waals surface area (Å²) in [6, 6.07) is 6.48. The monoisotopic (exact) mass is 242 g/mol. The van der Waals surface area contributed by atoms with Crippen molar-refractivity contribution in [3.8, 4) is 5.75 Å². The lowest BCUT2D eigenvalue weighted by molar-refractivity contribution is 0.0790. The molecule has 1 aliphatic rings. The minimum absolute atomic E-state index is 0. The quantitative estimate of drug-likeness (QED) is 0.772. The van der Waals surface area contributed by atoms with E-state index in [-0.39, 0.29) is 30.1 Å². The fraction of sp³-hybridized carbons (Fsp3) is 0.364. The highest BCUT2D eigenvalue weighted by Gasteiger charge is 2.24. The van der Waals surface area contributed by atoms with E-state index in [0.29, 0.717) is 18.7 Å². The molecule has 1 aromatic rings. The van der Waals surface area contributed by atoms with E-state index >= 15 is 0 Å². The van der Waals surface area contributed by atoms with Crippen molar-refractivity contribution < 1.29 is 9.90 Å². The molecule has 1 unspecified atom stereocenters. The van der Waals surface area contributed by atoms with Gasteiger partial charge in [-0.2, -0.15) is 0 Å². The Balaban J connectivity index is 0.00000128. The van der Waals surface area contributed by atoms with Gasteiger partial charge in [0, 0.05) is 24.7 Å². The topological polar surface area (TPSA) is 66.6 Å². The summed E-state index contributed by atoms with van der Waals surface area (Å²) in [7, 11) is 0. The van der Waals surface area contributed by atoms with Crippen molar-refractivity contribution in [2.75, 3.05) is 13.1 Å². The number of rotatable bonds is 1. The number of hydrogen-bond donors (Lipinski definition) is 2. The van der Waals surface area contributed by atoms with Crippen LogP contribution >= 0.6 is 12.4 Å². The lowest BCUT2D eigenvalue weighted by atomic mass is 10.2. The number of aromatic hydroxyl groups is 1. The molecule has 88 valence electrons. The Hall–Kier alpha value is -1.26. The van der Waals surface area contributed by atoms with Crippen molar-refractivity contribution in [1.82, 2.24) is 4.90 Å². The molecule has 4 nitrogen and oxygen atoms in total. The SMILES string of the molecule is Cl.NC1CCN(C(=O)c2cccc(O)c2)C1. The normalized spacial score (nSPS) is 19.3. The molecule has 1 aromatic carbocycles. The van der Waals surface area contributed by atoms with Crippen molar-refractivity contribution in [2.24, 2.45) is 5.73 Å². The lowest BCUT2D eigenvalue weighted by Crippen LogP contribution is -2.31. The summed E-state index contributed by atoms with van der Waals surface area (Å²) in [5.41, 5.74) is 6.25. The number of benzene rings is 1. The first kappa shape index (κ1) is 12.8. The number of phenolic OH excluding ortho intramolecular Hbond substituents is 1. The number of halogens is 1. The first-order valence-corrected chi connectivity index (χ1v) is 5.00. The van der Waals surface area contributed by atoms with E-state index in [9.17, 15) is 9.90 Å². The third-order valence-electron chi connectivity index (χ3n) is 2.61. The fourth-order valence-corrected chi connectivity index (χ4v) is 1.79. The zero-order chi connectivity index (χ0) is 10.8. The number of phenols is 1. The molecule has 0 bridgehead atoms. The van der Waals surface area contributed by atoms with Gasteiger partial charge in [-0.15, -0.1) is 12.4 Å². The van der Waals surface area contributed by atoms with E-state index in [1.54, 1.807) is 23.1 Å². The summed E-state index contributed by atoms with van der Waals surface area (Å²) in [5.74, 6) is 0.0585. The lowest BCUT2D eigenvalue weighted by Gasteiger charge is -2.15. The Morgan fingerprint density at radius 3 is 2.81 bits per heavy atom. The number of carbonyl (C=O) groups excluding carboxylic acids is 1. The van der Waals surface area contributed by atoms with Gasteiger partial charge in [0.05, 0.1) is 0 Å². The van der Waals surface area contributed by atoms with Gasteiger partial charge in [-0.1, -0.05) is 6.07 Å². The van der Waals surface area contributed by atoms with E-state index < -0.39 is 0 Å². The highest BCUT2D eigenvalue weighted by atomic mass is 35.5. The van der Waals surface area contributed by atoms with E-state index in [0.717, 1.165) is 6.42 Å². The molecule has 2 rings (SSSR count). The molecule has 16 heavy (non-hydrogen) atoms. The molecule has 0 saturated carbocycles. The maximum Gasteiger partial charge on any atom is 0.254 e. The molecule has 0 aliphatic carbocycles. The van der Waals surface area contributed by atoms with Gasteiger partial charge in [0.15, 0.2) is 0 Å². The predicted octanol–water partition coefficient (Wildman–Crippen LogP) is 0.987. The molecule has 0 aromatic heterocycles. The largest absolute Gasteiger partial charge is 0.508 e. The fourth-order valence-electron chi connectivity index (χ4n) is 1.79. The highest BCUT2D eigenvalue weighted by Crippen LogP contribution is 2.16. The van der Waals surface area contributed by atoms with E-state index in [2.05, 4.69) is 0 Å². The zero-order valence-corrected chi connectivity index (χ0v) is 9.61. The molecular weight excluding hydrogens is 228 g/mol. The van der Waals surface area contributed by atoms with Crippen molar-refractivity contribution in [2.45, 2.75) is 12.5 Å². The first-order chi connectivity index (χ1) is 7.16. The van der Waals surface area contributed by atoms with Gasteiger partial charge in [-0.3, -0.25) is 4.79 Å². The van der Waals surface area contributed by atoms with Crippen LogP contribution in [-0.2, 0) is 0 Å². The standard InChI is InChI=1S/C11H14N2O2.ClH/c12-9-4-5-13(7-9)11(15)8-2-1-3-10(14)6-8;/h1-3,6,9,14H,4-5,7,12H2;1H. The van der Waals surface area contributed by atoms with Crippen LogP contribution in [0.1, 0.15) is 16.8 Å². The summed E-state index contributed by atoms with van der Waals surface area (Å²) in [5, 5.41) is 9.26. The second kappa shape index (κ2) is 5.18. The minimum atomic E-state index is -0.0566. The molecule has 1 amide bonds. The summed E-state index contributed by atoms with van der Waals surface area (Å²) in [6.45, 7) is 1.31. The number of hydrogen-bond acceptors (Lipinski definition) is 3. The molecule has 0 spiro atoms. The van der Waals surface area contributed by atoms with Crippen LogP contribution in [0.5, 0.6) is 5.75 Å². The second-order valence-electron chi connectivity index (χ2n) is 3.85. The average molecular weight is 243 g/mol. The summed E-state index contributed by atoms with van der Waals surface area (Å²) >= 11 is 0. The molecule has 1 fully saturated rings. The third kappa shape index (κ3) is 2.65. The van der Waals surface area contributed by atoms with Crippen molar-refractivity contribution in [3.63, 3.8) is 0 Å². The van der Waals surface area contributed by atoms with Crippen molar-refractivity contribution >= 4 is 18.3 Å². The van der Waals surface area contributed by atoms with Crippen LogP contribution in [0.4, 0.5) is 0 Å². The zero-order valence-electron chi connectivity index (χ0n) is 8.80. The van der Waals surface area contributed by atoms with Crippen LogP contribution in [0.25, 0.3) is 0 Å². The van der Waals surface area contributed by atoms with Gasteiger partial charge in [0.1, 0.15) is 5.75 Å². The molecule has 1 aliphatic heterocycles. The first-order valence-electron chi connectivity index (χ1n) is 5.00. The molecule has 0 radical (unpaired) electrons. The molecule has 1 saturated heterocycles. The Morgan fingerprint density at radius 2 is 2.25 bits per heavy atom. The van der Waals surface area contributed by atoms with Gasteiger partial charge >= 0.3 is 0 Å². The van der Waals surface area contributed by atoms with Gasteiger partial charge in [-0.25, -0.2) is 0 Å². The molecule has 1 heterocycles. The summed E-state index contributed by atoms with van der Waals surface area (Å²) < 4.78 is 0. The summed E-state index contributed by atoms with van der Waals surface area (Å²) in [6.07, 6.45) is 0.852. The Bertz CT molecular complexity index is 384. The van der Waals surface area contributed by atoms with E-state index in [1.807, 2.05) is 0 Å². The smallest absolute Gasteiger partial charge is 0.254 e. The van der Waals surface area contributed by atoms with Crippen molar-refractivity contribution in [1.29, 1.82) is 0 Å². The summed E-state index contributed by atoms with van der Waals surface area (Å²) in [4.78, 5) is 13.6. The van der Waals surface area contributed by atoms with Gasteiger partial charge in [0.25, 0.3) is 5.91 Å². The molecule has 5 heteroatoms. The van der Waals surface area contributed by atoms with Crippen LogP contribution in [-0.4, -0.2) is 35.0 Å². The van der Waals surface area contributed by atoms with E-state index in [1.165, 1.54) is 6.07 Å². The Kier molecular flexibility index (Phi) is 4.15. The Morgan fingerprint density at radius 1 is 1.50 bits per heavy atom. The number of carbonyl (C=O) groups is 1. The number of nitrogens with zero attached hydrogens (tertiary/aromatic N) is 1. The molecule has 3 N–H and O–H groups in total. The minimum Gasteiger partial charge on any atom is -0.508 e.